The van der Waals surface area contributed by atoms with Crippen LogP contribution in [0.5, 0.6) is 0 Å². The Morgan fingerprint density at radius 2 is 1.06 bits per heavy atom. The van der Waals surface area contributed by atoms with Crippen LogP contribution in [0, 0.1) is 5.92 Å². The van der Waals surface area contributed by atoms with E-state index < -0.39 is 0 Å². The summed E-state index contributed by atoms with van der Waals surface area (Å²) in [4.78, 5) is 4.49. The van der Waals surface area contributed by atoms with Crippen molar-refractivity contribution in [1.29, 1.82) is 0 Å². The fourth-order valence-electron chi connectivity index (χ4n) is 5.35. The Labute approximate surface area is 210 Å². The SMILES string of the molecule is CCCCCCCCCCCCCCCCCCC(C)C1N(CC)C(Cl)C(Cl)N1CCO. The molecule has 1 N–H and O–H groups in total. The van der Waals surface area contributed by atoms with Gasteiger partial charge in [-0.05, 0) is 18.9 Å². The third-order valence-electron chi connectivity index (χ3n) is 7.29. The maximum absolute atomic E-state index is 9.45. The van der Waals surface area contributed by atoms with Gasteiger partial charge >= 0.3 is 0 Å². The number of rotatable bonds is 21. The van der Waals surface area contributed by atoms with Crippen LogP contribution >= 0.6 is 23.2 Å². The lowest BCUT2D eigenvalue weighted by molar-refractivity contribution is 0.0643. The highest BCUT2D eigenvalue weighted by Gasteiger charge is 2.46. The lowest BCUT2D eigenvalue weighted by Crippen LogP contribution is -2.45. The van der Waals surface area contributed by atoms with Crippen molar-refractivity contribution in [1.82, 2.24) is 9.80 Å². The number of nitrogens with zero attached hydrogens (tertiary/aromatic N) is 2. The summed E-state index contributed by atoms with van der Waals surface area (Å²) in [6.45, 7) is 8.39. The van der Waals surface area contributed by atoms with Crippen molar-refractivity contribution in [3.63, 3.8) is 0 Å². The van der Waals surface area contributed by atoms with Crippen LogP contribution in [0.15, 0.2) is 0 Å². The van der Waals surface area contributed by atoms with Crippen LogP contribution in [0.2, 0.25) is 0 Å². The highest BCUT2D eigenvalue weighted by atomic mass is 35.5. The molecule has 0 bridgehead atoms. The van der Waals surface area contributed by atoms with Crippen LogP contribution < -0.4 is 0 Å². The van der Waals surface area contributed by atoms with Gasteiger partial charge < -0.3 is 5.11 Å². The third kappa shape index (κ3) is 11.7. The molecule has 0 aromatic heterocycles. The monoisotopic (exact) mass is 492 g/mol. The molecule has 0 aromatic rings. The number of aliphatic hydroxyl groups is 1. The summed E-state index contributed by atoms with van der Waals surface area (Å²) < 4.78 is 0. The lowest BCUT2D eigenvalue weighted by Gasteiger charge is -2.34. The van der Waals surface area contributed by atoms with Crippen molar-refractivity contribution in [2.45, 2.75) is 147 Å². The Bertz CT molecular complexity index is 426. The summed E-state index contributed by atoms with van der Waals surface area (Å²) in [5, 5.41) is 9.45. The maximum atomic E-state index is 9.45. The molecule has 32 heavy (non-hydrogen) atoms. The molecule has 0 radical (unpaired) electrons. The second-order valence-corrected chi connectivity index (χ2v) is 10.9. The first kappa shape index (κ1) is 30.5. The quantitative estimate of drug-likeness (QED) is 0.0988. The second-order valence-electron chi connectivity index (χ2n) is 10.0. The van der Waals surface area contributed by atoms with E-state index in [9.17, 15) is 5.11 Å². The first-order valence-electron chi connectivity index (χ1n) is 14.0. The van der Waals surface area contributed by atoms with E-state index in [1.807, 2.05) is 0 Å². The van der Waals surface area contributed by atoms with Crippen LogP contribution in [0.3, 0.4) is 0 Å². The number of aliphatic hydroxyl groups excluding tert-OH is 1. The summed E-state index contributed by atoms with van der Waals surface area (Å²) in [6.07, 6.45) is 24.0. The van der Waals surface area contributed by atoms with Crippen LogP contribution in [0.4, 0.5) is 0 Å². The average molecular weight is 494 g/mol. The van der Waals surface area contributed by atoms with E-state index in [0.29, 0.717) is 12.5 Å². The second kappa shape index (κ2) is 19.7. The van der Waals surface area contributed by atoms with Crippen LogP contribution in [-0.4, -0.2) is 51.8 Å². The molecule has 3 nitrogen and oxygen atoms in total. The first-order chi connectivity index (χ1) is 15.6. The predicted octanol–water partition coefficient (Wildman–Crippen LogP) is 8.36. The summed E-state index contributed by atoms with van der Waals surface area (Å²) >= 11 is 13.1. The normalized spacial score (nSPS) is 23.2. The zero-order valence-electron chi connectivity index (χ0n) is 21.5. The number of hydrogen-bond donors (Lipinski definition) is 1. The number of β-amino-alcohol motifs (C(OH)–C–C–N with tert-alkyl or cyclic N) is 1. The predicted molar refractivity (Wildman–Crippen MR) is 143 cm³/mol. The molecule has 4 unspecified atom stereocenters. The first-order valence-corrected chi connectivity index (χ1v) is 14.9. The summed E-state index contributed by atoms with van der Waals surface area (Å²) in [5.74, 6) is 0.512. The van der Waals surface area contributed by atoms with Crippen LogP contribution in [0.25, 0.3) is 0 Å². The van der Waals surface area contributed by atoms with Crippen molar-refractivity contribution >= 4 is 23.2 Å². The van der Waals surface area contributed by atoms with Gasteiger partial charge in [-0.1, -0.05) is 124 Å². The van der Waals surface area contributed by atoms with E-state index in [0.717, 1.165) is 6.54 Å². The van der Waals surface area contributed by atoms with Gasteiger partial charge in [-0.2, -0.15) is 0 Å². The van der Waals surface area contributed by atoms with Crippen LogP contribution in [0.1, 0.15) is 130 Å². The van der Waals surface area contributed by atoms with Gasteiger partial charge in [-0.15, -0.1) is 23.2 Å². The molecule has 1 rings (SSSR count). The molecular formula is C27H54Cl2N2O. The van der Waals surface area contributed by atoms with Crippen molar-refractivity contribution in [3.8, 4) is 0 Å². The van der Waals surface area contributed by atoms with Gasteiger partial charge in [0.1, 0.15) is 11.0 Å². The minimum Gasteiger partial charge on any atom is -0.395 e. The minimum atomic E-state index is -0.220. The summed E-state index contributed by atoms with van der Waals surface area (Å²) in [5.41, 5.74) is -0.395. The van der Waals surface area contributed by atoms with Crippen LogP contribution in [-0.2, 0) is 0 Å². The lowest BCUT2D eigenvalue weighted by atomic mass is 9.97. The Morgan fingerprint density at radius 1 is 0.656 bits per heavy atom. The third-order valence-corrected chi connectivity index (χ3v) is 8.39. The van der Waals surface area contributed by atoms with E-state index in [1.165, 1.54) is 109 Å². The standard InChI is InChI=1S/C27H54Cl2N2O/c1-4-6-7-8-9-10-11-12-13-14-15-16-17-18-19-20-21-24(3)27-30(5-2)25(28)26(29)31(27)22-23-32/h24-27,32H,4-23H2,1-3H3. The van der Waals surface area contributed by atoms with E-state index in [4.69, 9.17) is 23.2 Å². The summed E-state index contributed by atoms with van der Waals surface area (Å²) in [6, 6.07) is 0. The van der Waals surface area contributed by atoms with Gasteiger partial charge in [0.05, 0.1) is 12.8 Å². The molecule has 1 aliphatic rings. The topological polar surface area (TPSA) is 26.7 Å². The van der Waals surface area contributed by atoms with E-state index >= 15 is 0 Å². The fourth-order valence-corrected chi connectivity index (χ4v) is 6.10. The number of halogens is 2. The zero-order chi connectivity index (χ0) is 23.6. The molecule has 1 aliphatic heterocycles. The van der Waals surface area contributed by atoms with E-state index in [2.05, 4.69) is 30.6 Å². The van der Waals surface area contributed by atoms with Gasteiger partial charge in [0, 0.05) is 6.54 Å². The van der Waals surface area contributed by atoms with Crippen molar-refractivity contribution in [3.05, 3.63) is 0 Å². The Balaban J connectivity index is 2.01. The summed E-state index contributed by atoms with van der Waals surface area (Å²) in [7, 11) is 0. The highest BCUT2D eigenvalue weighted by molar-refractivity contribution is 6.29. The molecule has 1 saturated heterocycles. The average Bonchev–Trinajstić information content (AvgIpc) is 3.03. The zero-order valence-corrected chi connectivity index (χ0v) is 23.1. The molecule has 192 valence electrons. The molecule has 0 aromatic carbocycles. The molecule has 0 saturated carbocycles. The van der Waals surface area contributed by atoms with Crippen molar-refractivity contribution < 1.29 is 5.11 Å². The molecule has 5 heteroatoms. The van der Waals surface area contributed by atoms with Gasteiger partial charge in [0.2, 0.25) is 0 Å². The molecule has 0 aliphatic carbocycles. The largest absolute Gasteiger partial charge is 0.395 e. The fraction of sp³-hybridized carbons (Fsp3) is 1.00. The molecule has 4 atom stereocenters. The minimum absolute atomic E-state index is 0.132. The Morgan fingerprint density at radius 3 is 1.47 bits per heavy atom. The highest BCUT2D eigenvalue weighted by Crippen LogP contribution is 2.36. The molecule has 0 spiro atoms. The van der Waals surface area contributed by atoms with Gasteiger partial charge in [-0.25, -0.2) is 0 Å². The van der Waals surface area contributed by atoms with E-state index in [1.54, 1.807) is 0 Å². The van der Waals surface area contributed by atoms with Crippen molar-refractivity contribution in [2.24, 2.45) is 5.92 Å². The Kier molecular flexibility index (Phi) is 18.8. The van der Waals surface area contributed by atoms with Gasteiger partial charge in [0.15, 0.2) is 0 Å². The van der Waals surface area contributed by atoms with Crippen molar-refractivity contribution in [2.75, 3.05) is 19.7 Å². The van der Waals surface area contributed by atoms with Gasteiger partial charge in [0.25, 0.3) is 0 Å². The molecule has 1 heterocycles. The number of hydrogen-bond acceptors (Lipinski definition) is 3. The van der Waals surface area contributed by atoms with Gasteiger partial charge in [-0.3, -0.25) is 9.80 Å². The maximum Gasteiger partial charge on any atom is 0.116 e. The smallest absolute Gasteiger partial charge is 0.116 e. The number of likely N-dealkylation sites (N-methyl/N-ethyl adjacent to an activating group) is 1. The molecular weight excluding hydrogens is 439 g/mol. The number of unbranched alkanes of at least 4 members (excludes halogenated alkanes) is 15. The van der Waals surface area contributed by atoms with E-state index in [-0.39, 0.29) is 23.8 Å². The molecule has 1 fully saturated rings. The molecule has 0 amide bonds. The Hall–Kier alpha value is 0.460. The number of alkyl halides is 2.